The average Bonchev–Trinajstić information content (AvgIpc) is 2.88. The lowest BCUT2D eigenvalue weighted by molar-refractivity contribution is -0.148. The highest BCUT2D eigenvalue weighted by atomic mass is 35.5. The van der Waals surface area contributed by atoms with Gasteiger partial charge in [0.1, 0.15) is 23.1 Å². The zero-order valence-electron chi connectivity index (χ0n) is 14.6. The zero-order chi connectivity index (χ0) is 18.9. The molecule has 26 heavy (non-hydrogen) atoms. The van der Waals surface area contributed by atoms with E-state index in [4.69, 9.17) is 37.4 Å². The molecule has 0 spiro atoms. The SMILES string of the molecule is COc1cc(OC)cc(C2(C)CC(Nc3cc(Cl)cc(Cl)c3)C(=O)O2)c1. The van der Waals surface area contributed by atoms with Crippen molar-refractivity contribution in [2.75, 3.05) is 19.5 Å². The molecule has 0 radical (unpaired) electrons. The van der Waals surface area contributed by atoms with Crippen LogP contribution in [0.25, 0.3) is 0 Å². The van der Waals surface area contributed by atoms with Crippen LogP contribution in [0.4, 0.5) is 5.69 Å². The minimum absolute atomic E-state index is 0.342. The number of esters is 1. The number of nitrogens with one attached hydrogen (secondary N) is 1. The molecule has 1 aliphatic heterocycles. The first-order valence-electron chi connectivity index (χ1n) is 8.02. The summed E-state index contributed by atoms with van der Waals surface area (Å²) < 4.78 is 16.3. The number of benzene rings is 2. The molecule has 1 fully saturated rings. The Balaban J connectivity index is 1.86. The van der Waals surface area contributed by atoms with Crippen molar-refractivity contribution >= 4 is 34.9 Å². The first-order chi connectivity index (χ1) is 12.3. The summed E-state index contributed by atoms with van der Waals surface area (Å²) in [5.74, 6) is 0.926. The number of hydrogen-bond donors (Lipinski definition) is 1. The molecule has 2 atom stereocenters. The number of carbonyl (C=O) groups is 1. The topological polar surface area (TPSA) is 56.8 Å². The second kappa shape index (κ2) is 7.25. The number of hydrogen-bond acceptors (Lipinski definition) is 5. The summed E-state index contributed by atoms with van der Waals surface area (Å²) in [6.45, 7) is 1.87. The summed E-state index contributed by atoms with van der Waals surface area (Å²) in [6, 6.07) is 9.99. The number of rotatable bonds is 5. The lowest BCUT2D eigenvalue weighted by atomic mass is 9.91. The molecule has 2 aromatic carbocycles. The first-order valence-corrected chi connectivity index (χ1v) is 8.77. The van der Waals surface area contributed by atoms with Gasteiger partial charge in [0.05, 0.1) is 14.2 Å². The van der Waals surface area contributed by atoms with Gasteiger partial charge in [-0.05, 0) is 37.3 Å². The maximum absolute atomic E-state index is 12.4. The highest BCUT2D eigenvalue weighted by Gasteiger charge is 2.45. The molecule has 0 saturated carbocycles. The van der Waals surface area contributed by atoms with Crippen LogP contribution in [0.5, 0.6) is 11.5 Å². The molecule has 2 aromatic rings. The van der Waals surface area contributed by atoms with Gasteiger partial charge in [0.25, 0.3) is 0 Å². The third-order valence-electron chi connectivity index (χ3n) is 4.37. The van der Waals surface area contributed by atoms with E-state index in [2.05, 4.69) is 5.32 Å². The minimum Gasteiger partial charge on any atom is -0.497 e. The molecule has 0 bridgehead atoms. The van der Waals surface area contributed by atoms with Crippen molar-refractivity contribution in [3.63, 3.8) is 0 Å². The molecule has 2 unspecified atom stereocenters. The van der Waals surface area contributed by atoms with Gasteiger partial charge in [0.15, 0.2) is 0 Å². The van der Waals surface area contributed by atoms with E-state index in [9.17, 15) is 4.79 Å². The Kier molecular flexibility index (Phi) is 5.21. The molecular formula is C19H19Cl2NO4. The average molecular weight is 396 g/mol. The van der Waals surface area contributed by atoms with Crippen molar-refractivity contribution in [3.8, 4) is 11.5 Å². The van der Waals surface area contributed by atoms with Crippen LogP contribution >= 0.6 is 23.2 Å². The second-order valence-corrected chi connectivity index (χ2v) is 7.19. The third kappa shape index (κ3) is 3.84. The van der Waals surface area contributed by atoms with Crippen molar-refractivity contribution in [1.29, 1.82) is 0 Å². The van der Waals surface area contributed by atoms with Crippen LogP contribution in [0, 0.1) is 0 Å². The van der Waals surface area contributed by atoms with Gasteiger partial charge >= 0.3 is 5.97 Å². The smallest absolute Gasteiger partial charge is 0.329 e. The Morgan fingerprint density at radius 3 is 2.15 bits per heavy atom. The predicted molar refractivity (Wildman–Crippen MR) is 101 cm³/mol. The lowest BCUT2D eigenvalue weighted by Crippen LogP contribution is -2.25. The molecule has 0 amide bonds. The summed E-state index contributed by atoms with van der Waals surface area (Å²) >= 11 is 12.0. The quantitative estimate of drug-likeness (QED) is 0.746. The van der Waals surface area contributed by atoms with Crippen LogP contribution in [-0.4, -0.2) is 26.2 Å². The number of carbonyl (C=O) groups excluding carboxylic acids is 1. The van der Waals surface area contributed by atoms with Crippen molar-refractivity contribution in [3.05, 3.63) is 52.0 Å². The van der Waals surface area contributed by atoms with Crippen LogP contribution in [0.3, 0.4) is 0 Å². The molecule has 3 rings (SSSR count). The summed E-state index contributed by atoms with van der Waals surface area (Å²) in [5.41, 5.74) is 0.659. The van der Waals surface area contributed by atoms with Gasteiger partial charge < -0.3 is 19.5 Å². The molecule has 1 saturated heterocycles. The Hall–Kier alpha value is -2.11. The van der Waals surface area contributed by atoms with Gasteiger partial charge in [-0.2, -0.15) is 0 Å². The van der Waals surface area contributed by atoms with Crippen molar-refractivity contribution in [1.82, 2.24) is 0 Å². The fourth-order valence-electron chi connectivity index (χ4n) is 3.05. The normalized spacial score (nSPS) is 22.0. The van der Waals surface area contributed by atoms with E-state index in [-0.39, 0.29) is 5.97 Å². The van der Waals surface area contributed by atoms with E-state index < -0.39 is 11.6 Å². The van der Waals surface area contributed by atoms with E-state index in [1.165, 1.54) is 0 Å². The van der Waals surface area contributed by atoms with Crippen molar-refractivity contribution < 1.29 is 19.0 Å². The molecule has 0 aromatic heterocycles. The fraction of sp³-hybridized carbons (Fsp3) is 0.316. The van der Waals surface area contributed by atoms with Gasteiger partial charge in [-0.15, -0.1) is 0 Å². The highest BCUT2D eigenvalue weighted by Crippen LogP contribution is 2.40. The molecule has 138 valence electrons. The summed E-state index contributed by atoms with van der Waals surface area (Å²) in [4.78, 5) is 12.4. The third-order valence-corrected chi connectivity index (χ3v) is 4.81. The van der Waals surface area contributed by atoms with Crippen molar-refractivity contribution in [2.45, 2.75) is 25.0 Å². The molecule has 7 heteroatoms. The van der Waals surface area contributed by atoms with Crippen LogP contribution < -0.4 is 14.8 Å². The molecule has 0 aliphatic carbocycles. The first kappa shape index (κ1) is 18.7. The van der Waals surface area contributed by atoms with Gasteiger partial charge in [-0.1, -0.05) is 23.2 Å². The van der Waals surface area contributed by atoms with Crippen LogP contribution in [0.2, 0.25) is 10.0 Å². The fourth-order valence-corrected chi connectivity index (χ4v) is 3.57. The molecular weight excluding hydrogens is 377 g/mol. The van der Waals surface area contributed by atoms with Gasteiger partial charge in [-0.25, -0.2) is 4.79 Å². The maximum atomic E-state index is 12.4. The van der Waals surface area contributed by atoms with E-state index in [0.29, 0.717) is 33.7 Å². The van der Waals surface area contributed by atoms with Gasteiger partial charge in [0.2, 0.25) is 0 Å². The molecule has 1 N–H and O–H groups in total. The minimum atomic E-state index is -0.807. The Morgan fingerprint density at radius 1 is 1.04 bits per heavy atom. The molecule has 1 aliphatic rings. The predicted octanol–water partition coefficient (Wildman–Crippen LogP) is 4.65. The number of methoxy groups -OCH3 is 2. The maximum Gasteiger partial charge on any atom is 0.329 e. The van der Waals surface area contributed by atoms with E-state index in [1.54, 1.807) is 38.5 Å². The standard InChI is InChI=1S/C19H19Cl2NO4/c1-19(11-4-15(24-2)9-16(5-11)25-3)10-17(18(23)26-19)22-14-7-12(20)6-13(21)8-14/h4-9,17,22H,10H2,1-3H3. The second-order valence-electron chi connectivity index (χ2n) is 6.31. The van der Waals surface area contributed by atoms with Crippen LogP contribution in [0.15, 0.2) is 36.4 Å². The Labute approximate surface area is 162 Å². The number of cyclic esters (lactones) is 1. The number of halogens is 2. The highest BCUT2D eigenvalue weighted by molar-refractivity contribution is 6.35. The zero-order valence-corrected chi connectivity index (χ0v) is 16.1. The Morgan fingerprint density at radius 2 is 1.62 bits per heavy atom. The van der Waals surface area contributed by atoms with Crippen LogP contribution in [-0.2, 0) is 15.1 Å². The number of ether oxygens (including phenoxy) is 3. The monoisotopic (exact) mass is 395 g/mol. The summed E-state index contributed by atoms with van der Waals surface area (Å²) in [7, 11) is 3.16. The molecule has 5 nitrogen and oxygen atoms in total. The van der Waals surface area contributed by atoms with Gasteiger partial charge in [0, 0.05) is 33.8 Å². The van der Waals surface area contributed by atoms with E-state index in [0.717, 1.165) is 5.56 Å². The van der Waals surface area contributed by atoms with E-state index >= 15 is 0 Å². The Bertz CT molecular complexity index is 800. The lowest BCUT2D eigenvalue weighted by Gasteiger charge is -2.24. The van der Waals surface area contributed by atoms with E-state index in [1.807, 2.05) is 19.1 Å². The largest absolute Gasteiger partial charge is 0.497 e. The van der Waals surface area contributed by atoms with Crippen molar-refractivity contribution in [2.24, 2.45) is 0 Å². The van der Waals surface area contributed by atoms with Gasteiger partial charge in [-0.3, -0.25) is 0 Å². The summed E-state index contributed by atoms with van der Waals surface area (Å²) in [5, 5.41) is 4.13. The molecule has 1 heterocycles. The van der Waals surface area contributed by atoms with Crippen LogP contribution in [0.1, 0.15) is 18.9 Å². The number of anilines is 1. The summed E-state index contributed by atoms with van der Waals surface area (Å²) in [6.07, 6.45) is 0.437.